The van der Waals surface area contributed by atoms with Gasteiger partial charge in [-0.15, -0.1) is 11.3 Å². The lowest BCUT2D eigenvalue weighted by Gasteiger charge is -2.01. The fourth-order valence-corrected chi connectivity index (χ4v) is 3.14. The Kier molecular flexibility index (Phi) is 5.05. The molecule has 0 saturated heterocycles. The average molecular weight is 429 g/mol. The molecule has 3 aromatic rings. The number of rotatable bonds is 4. The van der Waals surface area contributed by atoms with Gasteiger partial charge in [-0.05, 0) is 46.9 Å². The third-order valence-corrected chi connectivity index (χ3v) is 4.75. The normalized spacial score (nSPS) is 11.0. The summed E-state index contributed by atoms with van der Waals surface area (Å²) in [6, 6.07) is 20.1. The zero-order chi connectivity index (χ0) is 16.1. The molecule has 3 nitrogen and oxygen atoms in total. The third kappa shape index (κ3) is 3.97. The van der Waals surface area contributed by atoms with E-state index in [0.717, 1.165) is 16.9 Å². The van der Waals surface area contributed by atoms with Gasteiger partial charge in [-0.25, -0.2) is 4.98 Å². The molecule has 0 saturated carbocycles. The standard InChI is InChI=1S/C18H12IN3S/c19-15-6-8-16(9-7-15)21-11-14(10-20)18-22-17(12-23-18)13-4-2-1-3-5-13/h1-9,11-12,21H. The molecule has 112 valence electrons. The fraction of sp³-hybridized carbons (Fsp3) is 0. The second-order valence-corrected chi connectivity index (χ2v) is 6.83. The number of nitrogens with zero attached hydrogens (tertiary/aromatic N) is 2. The number of hydrogen-bond acceptors (Lipinski definition) is 4. The molecular weight excluding hydrogens is 417 g/mol. The van der Waals surface area contributed by atoms with Gasteiger partial charge in [-0.1, -0.05) is 30.3 Å². The lowest BCUT2D eigenvalue weighted by Crippen LogP contribution is -1.91. The van der Waals surface area contributed by atoms with Crippen molar-refractivity contribution in [1.29, 1.82) is 5.26 Å². The number of benzene rings is 2. The summed E-state index contributed by atoms with van der Waals surface area (Å²) in [5.41, 5.74) is 3.41. The van der Waals surface area contributed by atoms with Gasteiger partial charge < -0.3 is 5.32 Å². The number of halogens is 1. The zero-order valence-electron chi connectivity index (χ0n) is 12.0. The largest absolute Gasteiger partial charge is 0.360 e. The lowest BCUT2D eigenvalue weighted by atomic mass is 10.2. The van der Waals surface area contributed by atoms with Crippen LogP contribution in [0.15, 0.2) is 66.2 Å². The number of nitriles is 1. The van der Waals surface area contributed by atoms with Gasteiger partial charge in [-0.3, -0.25) is 0 Å². The van der Waals surface area contributed by atoms with E-state index >= 15 is 0 Å². The van der Waals surface area contributed by atoms with Gasteiger partial charge in [0.2, 0.25) is 0 Å². The Morgan fingerprint density at radius 1 is 1.13 bits per heavy atom. The summed E-state index contributed by atoms with van der Waals surface area (Å²) in [6.45, 7) is 0. The maximum Gasteiger partial charge on any atom is 0.136 e. The van der Waals surface area contributed by atoms with Gasteiger partial charge in [0, 0.05) is 26.4 Å². The van der Waals surface area contributed by atoms with Crippen LogP contribution < -0.4 is 5.32 Å². The predicted octanol–water partition coefficient (Wildman–Crippen LogP) is 5.39. The second-order valence-electron chi connectivity index (χ2n) is 4.72. The van der Waals surface area contributed by atoms with Gasteiger partial charge in [0.05, 0.1) is 5.69 Å². The van der Waals surface area contributed by atoms with Crippen molar-refractivity contribution in [2.24, 2.45) is 0 Å². The minimum atomic E-state index is 0.524. The smallest absolute Gasteiger partial charge is 0.136 e. The first kappa shape index (κ1) is 15.7. The van der Waals surface area contributed by atoms with E-state index in [0.29, 0.717) is 10.6 Å². The molecule has 1 N–H and O–H groups in total. The van der Waals surface area contributed by atoms with Crippen molar-refractivity contribution in [2.45, 2.75) is 0 Å². The monoisotopic (exact) mass is 429 g/mol. The summed E-state index contributed by atoms with van der Waals surface area (Å²) in [5, 5.41) is 15.2. The van der Waals surface area contributed by atoms with E-state index in [1.54, 1.807) is 6.20 Å². The molecule has 2 aromatic carbocycles. The molecular formula is C18H12IN3S. The molecule has 0 aliphatic carbocycles. The van der Waals surface area contributed by atoms with Gasteiger partial charge in [0.25, 0.3) is 0 Å². The maximum absolute atomic E-state index is 9.39. The Balaban J connectivity index is 1.81. The van der Waals surface area contributed by atoms with E-state index in [9.17, 15) is 5.26 Å². The predicted molar refractivity (Wildman–Crippen MR) is 104 cm³/mol. The highest BCUT2D eigenvalue weighted by Gasteiger charge is 2.08. The Labute approximate surface area is 152 Å². The quantitative estimate of drug-likeness (QED) is 0.447. The summed E-state index contributed by atoms with van der Waals surface area (Å²) < 4.78 is 1.17. The fourth-order valence-electron chi connectivity index (χ4n) is 1.98. The first-order valence-corrected chi connectivity index (χ1v) is 8.86. The summed E-state index contributed by atoms with van der Waals surface area (Å²) in [4.78, 5) is 4.56. The molecule has 0 amide bonds. The first-order valence-electron chi connectivity index (χ1n) is 6.90. The SMILES string of the molecule is N#CC(=CNc1ccc(I)cc1)c1nc(-c2ccccc2)cs1. The van der Waals surface area contributed by atoms with Crippen LogP contribution >= 0.6 is 33.9 Å². The molecule has 0 fully saturated rings. The van der Waals surface area contributed by atoms with Crippen molar-refractivity contribution in [2.75, 3.05) is 5.32 Å². The van der Waals surface area contributed by atoms with E-state index in [2.05, 4.69) is 39.0 Å². The van der Waals surface area contributed by atoms with Gasteiger partial charge in [0.1, 0.15) is 16.6 Å². The molecule has 0 radical (unpaired) electrons. The molecule has 3 rings (SSSR count). The van der Waals surface area contributed by atoms with Gasteiger partial charge in [-0.2, -0.15) is 5.26 Å². The molecule has 0 bridgehead atoms. The molecule has 0 atom stereocenters. The van der Waals surface area contributed by atoms with E-state index in [1.807, 2.05) is 60.0 Å². The Bertz CT molecular complexity index is 861. The highest BCUT2D eigenvalue weighted by Crippen LogP contribution is 2.26. The van der Waals surface area contributed by atoms with E-state index in [-0.39, 0.29) is 0 Å². The van der Waals surface area contributed by atoms with Crippen molar-refractivity contribution in [3.8, 4) is 17.3 Å². The van der Waals surface area contributed by atoms with Crippen LogP contribution in [0.25, 0.3) is 16.8 Å². The van der Waals surface area contributed by atoms with Gasteiger partial charge in [0.15, 0.2) is 0 Å². The minimum Gasteiger partial charge on any atom is -0.360 e. The number of thiazole rings is 1. The molecule has 23 heavy (non-hydrogen) atoms. The van der Waals surface area contributed by atoms with Crippen LogP contribution in [0, 0.1) is 14.9 Å². The van der Waals surface area contributed by atoms with Crippen molar-refractivity contribution in [3.63, 3.8) is 0 Å². The van der Waals surface area contributed by atoms with E-state index in [1.165, 1.54) is 14.9 Å². The molecule has 0 aliphatic rings. The minimum absolute atomic E-state index is 0.524. The number of allylic oxidation sites excluding steroid dienone is 1. The van der Waals surface area contributed by atoms with E-state index in [4.69, 9.17) is 0 Å². The van der Waals surface area contributed by atoms with Crippen LogP contribution in [0.3, 0.4) is 0 Å². The van der Waals surface area contributed by atoms with Crippen molar-refractivity contribution in [3.05, 3.63) is 74.8 Å². The van der Waals surface area contributed by atoms with Crippen LogP contribution in [0.4, 0.5) is 5.69 Å². The van der Waals surface area contributed by atoms with Gasteiger partial charge >= 0.3 is 0 Å². The number of aromatic nitrogens is 1. The summed E-state index contributed by atoms with van der Waals surface area (Å²) >= 11 is 3.73. The highest BCUT2D eigenvalue weighted by molar-refractivity contribution is 14.1. The summed E-state index contributed by atoms with van der Waals surface area (Å²) in [5.74, 6) is 0. The van der Waals surface area contributed by atoms with Crippen molar-refractivity contribution in [1.82, 2.24) is 4.98 Å². The van der Waals surface area contributed by atoms with Crippen LogP contribution in [0.5, 0.6) is 0 Å². The molecule has 1 heterocycles. The topological polar surface area (TPSA) is 48.7 Å². The Morgan fingerprint density at radius 3 is 2.57 bits per heavy atom. The maximum atomic E-state index is 9.39. The number of nitrogens with one attached hydrogen (secondary N) is 1. The summed E-state index contributed by atoms with van der Waals surface area (Å²) in [7, 11) is 0. The number of hydrogen-bond donors (Lipinski definition) is 1. The highest BCUT2D eigenvalue weighted by atomic mass is 127. The molecule has 0 unspecified atom stereocenters. The molecule has 1 aromatic heterocycles. The lowest BCUT2D eigenvalue weighted by molar-refractivity contribution is 1.36. The first-order chi connectivity index (χ1) is 11.3. The Hall–Kier alpha value is -2.17. The average Bonchev–Trinajstić information content (AvgIpc) is 3.08. The summed E-state index contributed by atoms with van der Waals surface area (Å²) in [6.07, 6.45) is 1.70. The van der Waals surface area contributed by atoms with Crippen LogP contribution in [0.1, 0.15) is 5.01 Å². The molecule has 0 aliphatic heterocycles. The Morgan fingerprint density at radius 2 is 1.87 bits per heavy atom. The van der Waals surface area contributed by atoms with E-state index < -0.39 is 0 Å². The third-order valence-electron chi connectivity index (χ3n) is 3.15. The van der Waals surface area contributed by atoms with Crippen LogP contribution in [0.2, 0.25) is 0 Å². The molecule has 0 spiro atoms. The van der Waals surface area contributed by atoms with Crippen LogP contribution in [-0.4, -0.2) is 4.98 Å². The zero-order valence-corrected chi connectivity index (χ0v) is 15.0. The van der Waals surface area contributed by atoms with Crippen molar-refractivity contribution < 1.29 is 0 Å². The number of anilines is 1. The second kappa shape index (κ2) is 7.40. The molecule has 5 heteroatoms. The van der Waals surface area contributed by atoms with Crippen LogP contribution in [-0.2, 0) is 0 Å². The van der Waals surface area contributed by atoms with Crippen molar-refractivity contribution >= 4 is 45.2 Å².